The zero-order valence-corrected chi connectivity index (χ0v) is 6.19. The molecule has 86 valence electrons. The normalized spacial score (nSPS) is 16.9. The second-order valence-electron chi connectivity index (χ2n) is 2.33. The molecule has 0 N–H and O–H groups in total. The Morgan fingerprint density at radius 3 is 1.14 bits per heavy atom. The minimum absolute atomic E-state index is 2.71. The maximum absolute atomic E-state index is 12.3. The van der Waals surface area contributed by atoms with E-state index in [0.717, 1.165) is 0 Å². The van der Waals surface area contributed by atoms with Crippen LogP contribution in [0.25, 0.3) is 0 Å². The van der Waals surface area contributed by atoms with Crippen molar-refractivity contribution < 1.29 is 39.5 Å². The van der Waals surface area contributed by atoms with Crippen LogP contribution in [0, 0.1) is 0 Å². The molecule has 0 amide bonds. The largest absolute Gasteiger partial charge is 0.434 e. The molecule has 1 atom stereocenters. The van der Waals surface area contributed by atoms with Gasteiger partial charge in [-0.05, 0) is 0 Å². The molecule has 14 heavy (non-hydrogen) atoms. The van der Waals surface area contributed by atoms with E-state index >= 15 is 0 Å². The maximum atomic E-state index is 12.3. The average molecular weight is 234 g/mol. The van der Waals surface area contributed by atoms with Gasteiger partial charge >= 0.3 is 18.0 Å². The van der Waals surface area contributed by atoms with Crippen LogP contribution in [-0.2, 0) is 0 Å². The fraction of sp³-hybridized carbons (Fsp3) is 1.00. The molecular weight excluding hydrogens is 231 g/mol. The molecular formula is C5H3F9. The molecule has 0 bridgehead atoms. The number of rotatable bonds is 2. The van der Waals surface area contributed by atoms with Crippen LogP contribution < -0.4 is 0 Å². The first-order chi connectivity index (χ1) is 5.98. The molecule has 0 aromatic carbocycles. The highest BCUT2D eigenvalue weighted by molar-refractivity contribution is 5.00. The van der Waals surface area contributed by atoms with Crippen molar-refractivity contribution in [3.8, 4) is 0 Å². The minimum atomic E-state index is -6.54. The Morgan fingerprint density at radius 1 is 0.786 bits per heavy atom. The summed E-state index contributed by atoms with van der Waals surface area (Å²) >= 11 is 0. The third-order valence-electron chi connectivity index (χ3n) is 1.39. The van der Waals surface area contributed by atoms with E-state index < -0.39 is 30.9 Å². The van der Waals surface area contributed by atoms with Gasteiger partial charge in [-0.15, -0.1) is 0 Å². The number of halogens is 9. The van der Waals surface area contributed by atoms with Crippen molar-refractivity contribution in [2.45, 2.75) is 24.2 Å². The van der Waals surface area contributed by atoms with Gasteiger partial charge in [0.15, 0.2) is 6.17 Å². The molecule has 1 unspecified atom stereocenters. The van der Waals surface area contributed by atoms with Crippen LogP contribution in [0.1, 0.15) is 0 Å². The second kappa shape index (κ2) is 3.50. The van der Waals surface area contributed by atoms with Crippen molar-refractivity contribution in [1.82, 2.24) is 0 Å². The molecule has 0 nitrogen and oxygen atoms in total. The molecule has 0 radical (unpaired) electrons. The molecule has 0 heterocycles. The van der Waals surface area contributed by atoms with E-state index in [1.807, 2.05) is 0 Å². The van der Waals surface area contributed by atoms with Gasteiger partial charge in [0.2, 0.25) is 0 Å². The van der Waals surface area contributed by atoms with Crippen LogP contribution in [-0.4, -0.2) is 30.9 Å². The van der Waals surface area contributed by atoms with Crippen molar-refractivity contribution >= 4 is 0 Å². The van der Waals surface area contributed by atoms with Crippen molar-refractivity contribution in [3.63, 3.8) is 0 Å². The predicted octanol–water partition coefficient (Wildman–Crippen LogP) is 3.13. The summed E-state index contributed by atoms with van der Waals surface area (Å²) in [5, 5.41) is 0. The molecule has 0 rings (SSSR count). The van der Waals surface area contributed by atoms with Gasteiger partial charge in [0.1, 0.15) is 6.67 Å². The second-order valence-corrected chi connectivity index (χ2v) is 2.33. The summed E-state index contributed by atoms with van der Waals surface area (Å²) in [7, 11) is 0. The first-order valence-corrected chi connectivity index (χ1v) is 3.01. The summed E-state index contributed by atoms with van der Waals surface area (Å²) in [6, 6.07) is 0. The third-order valence-corrected chi connectivity index (χ3v) is 1.39. The number of hydrogen-bond acceptors (Lipinski definition) is 0. The summed E-state index contributed by atoms with van der Waals surface area (Å²) in [6.07, 6.45) is -17.4. The highest BCUT2D eigenvalue weighted by Crippen LogP contribution is 2.49. The summed E-state index contributed by atoms with van der Waals surface area (Å²) in [4.78, 5) is 0. The Bertz CT molecular complexity index is 174. The lowest BCUT2D eigenvalue weighted by atomic mass is 9.99. The molecule has 0 saturated heterocycles. The Kier molecular flexibility index (Phi) is 3.34. The number of hydrogen-bond donors (Lipinski definition) is 0. The summed E-state index contributed by atoms with van der Waals surface area (Å²) in [5.74, 6) is 0. The fourth-order valence-corrected chi connectivity index (χ4v) is 0.622. The van der Waals surface area contributed by atoms with Gasteiger partial charge in [-0.25, -0.2) is 13.2 Å². The Labute approximate surface area is 71.7 Å². The van der Waals surface area contributed by atoms with Gasteiger partial charge in [0.25, 0.3) is 0 Å². The SMILES string of the molecule is FCC(F)C(F)(C(F)(F)F)C(F)(F)F. The predicted molar refractivity (Wildman–Crippen MR) is 26.8 cm³/mol. The smallest absolute Gasteiger partial charge is 0.248 e. The zero-order valence-electron chi connectivity index (χ0n) is 6.19. The van der Waals surface area contributed by atoms with Crippen molar-refractivity contribution in [2.75, 3.05) is 6.67 Å². The van der Waals surface area contributed by atoms with E-state index in [-0.39, 0.29) is 0 Å². The fourth-order valence-electron chi connectivity index (χ4n) is 0.622. The van der Waals surface area contributed by atoms with E-state index in [1.54, 1.807) is 0 Å². The standard InChI is InChI=1S/C5H3F9/c6-1-2(7)3(8,4(9,10)11)5(12,13)14/h2H,1H2. The highest BCUT2D eigenvalue weighted by Gasteiger charge is 2.77. The molecule has 0 saturated carbocycles. The van der Waals surface area contributed by atoms with Gasteiger partial charge in [-0.2, -0.15) is 26.3 Å². The van der Waals surface area contributed by atoms with Crippen molar-refractivity contribution in [2.24, 2.45) is 0 Å². The van der Waals surface area contributed by atoms with Crippen molar-refractivity contribution in [3.05, 3.63) is 0 Å². The van der Waals surface area contributed by atoms with Crippen LogP contribution in [0.4, 0.5) is 39.5 Å². The first-order valence-electron chi connectivity index (χ1n) is 3.01. The lowest BCUT2D eigenvalue weighted by molar-refractivity contribution is -0.358. The van der Waals surface area contributed by atoms with Crippen LogP contribution in [0.2, 0.25) is 0 Å². The summed E-state index contributed by atoms with van der Waals surface area (Å²) in [6.45, 7) is -2.71. The molecule has 0 aromatic rings. The molecule has 0 aliphatic heterocycles. The van der Waals surface area contributed by atoms with Crippen molar-refractivity contribution in [1.29, 1.82) is 0 Å². The van der Waals surface area contributed by atoms with Gasteiger partial charge in [-0.3, -0.25) is 0 Å². The Balaban J connectivity index is 5.29. The van der Waals surface area contributed by atoms with Crippen LogP contribution in [0.15, 0.2) is 0 Å². The minimum Gasteiger partial charge on any atom is -0.248 e. The lowest BCUT2D eigenvalue weighted by Crippen LogP contribution is -2.60. The molecule has 9 heteroatoms. The molecule has 0 aliphatic carbocycles. The highest BCUT2D eigenvalue weighted by atomic mass is 19.4. The van der Waals surface area contributed by atoms with E-state index in [4.69, 9.17) is 0 Å². The first kappa shape index (κ1) is 13.4. The summed E-state index contributed by atoms with van der Waals surface area (Å²) < 4.78 is 105. The van der Waals surface area contributed by atoms with Crippen LogP contribution in [0.3, 0.4) is 0 Å². The molecule has 0 spiro atoms. The van der Waals surface area contributed by atoms with Gasteiger partial charge in [0.05, 0.1) is 0 Å². The Morgan fingerprint density at radius 2 is 1.07 bits per heavy atom. The van der Waals surface area contributed by atoms with Gasteiger partial charge in [-0.1, -0.05) is 0 Å². The van der Waals surface area contributed by atoms with Crippen LogP contribution in [0.5, 0.6) is 0 Å². The monoisotopic (exact) mass is 234 g/mol. The van der Waals surface area contributed by atoms with E-state index in [9.17, 15) is 39.5 Å². The lowest BCUT2D eigenvalue weighted by Gasteiger charge is -2.31. The van der Waals surface area contributed by atoms with E-state index in [2.05, 4.69) is 0 Å². The van der Waals surface area contributed by atoms with E-state index in [1.165, 1.54) is 0 Å². The molecule has 0 fully saturated rings. The zero-order chi connectivity index (χ0) is 11.8. The van der Waals surface area contributed by atoms with Gasteiger partial charge < -0.3 is 0 Å². The summed E-state index contributed by atoms with van der Waals surface area (Å²) in [5.41, 5.74) is -6.16. The Hall–Kier alpha value is -0.630. The topological polar surface area (TPSA) is 0 Å². The average Bonchev–Trinajstić information content (AvgIpc) is 1.97. The molecule has 0 aromatic heterocycles. The quantitative estimate of drug-likeness (QED) is 0.644. The molecule has 0 aliphatic rings. The third kappa shape index (κ3) is 1.90. The number of alkyl halides is 9. The van der Waals surface area contributed by atoms with Gasteiger partial charge in [0, 0.05) is 0 Å². The maximum Gasteiger partial charge on any atom is 0.434 e. The van der Waals surface area contributed by atoms with E-state index in [0.29, 0.717) is 0 Å². The van der Waals surface area contributed by atoms with Crippen LogP contribution >= 0.6 is 0 Å².